The van der Waals surface area contributed by atoms with Gasteiger partial charge in [-0.25, -0.2) is 8.42 Å². The number of hydrogen-bond donors (Lipinski definition) is 1. The van der Waals surface area contributed by atoms with E-state index in [9.17, 15) is 8.42 Å². The molecule has 21 heavy (non-hydrogen) atoms. The van der Waals surface area contributed by atoms with Crippen molar-refractivity contribution in [1.29, 1.82) is 0 Å². The minimum absolute atomic E-state index is 0.0655. The molecule has 2 N–H and O–H groups in total. The number of ether oxygens (including phenoxy) is 1. The maximum atomic E-state index is 12.8. The molecule has 5 nitrogen and oxygen atoms in total. The topological polar surface area (TPSA) is 72.6 Å². The van der Waals surface area contributed by atoms with Gasteiger partial charge in [0.2, 0.25) is 0 Å². The van der Waals surface area contributed by atoms with Crippen molar-refractivity contribution >= 4 is 21.4 Å². The monoisotopic (exact) mass is 306 g/mol. The van der Waals surface area contributed by atoms with Gasteiger partial charge in [-0.05, 0) is 37.3 Å². The number of nitrogens with zero attached hydrogens (tertiary/aromatic N) is 1. The summed E-state index contributed by atoms with van der Waals surface area (Å²) in [6, 6.07) is 13.5. The number of benzene rings is 2. The Kier molecular flexibility index (Phi) is 4.37. The Morgan fingerprint density at radius 3 is 2.43 bits per heavy atom. The SMILES string of the molecule is CCOc1ccc(N)cc1S(=O)(=O)N(C)c1ccccc1. The van der Waals surface area contributed by atoms with Crippen molar-refractivity contribution in [3.8, 4) is 5.75 Å². The third-order valence-corrected chi connectivity index (χ3v) is 4.83. The molecule has 6 heteroatoms. The molecule has 0 aromatic heterocycles. The highest BCUT2D eigenvalue weighted by Gasteiger charge is 2.25. The van der Waals surface area contributed by atoms with E-state index in [1.54, 1.807) is 43.3 Å². The Morgan fingerprint density at radius 2 is 1.81 bits per heavy atom. The van der Waals surface area contributed by atoms with Gasteiger partial charge < -0.3 is 10.5 Å². The first-order chi connectivity index (χ1) is 9.96. The predicted octanol–water partition coefficient (Wildman–Crippen LogP) is 2.49. The van der Waals surface area contributed by atoms with Gasteiger partial charge in [-0.2, -0.15) is 0 Å². The molecule has 0 aliphatic carbocycles. The lowest BCUT2D eigenvalue weighted by Crippen LogP contribution is -2.27. The van der Waals surface area contributed by atoms with Gasteiger partial charge in [-0.15, -0.1) is 0 Å². The van der Waals surface area contributed by atoms with Crippen molar-refractivity contribution in [2.24, 2.45) is 0 Å². The van der Waals surface area contributed by atoms with Crippen molar-refractivity contribution in [3.63, 3.8) is 0 Å². The van der Waals surface area contributed by atoms with E-state index >= 15 is 0 Å². The number of hydrogen-bond acceptors (Lipinski definition) is 4. The molecule has 0 bridgehead atoms. The fourth-order valence-corrected chi connectivity index (χ4v) is 3.29. The molecule has 0 aliphatic heterocycles. The van der Waals surface area contributed by atoms with Crippen molar-refractivity contribution in [1.82, 2.24) is 0 Å². The molecule has 0 atom stereocenters. The zero-order valence-electron chi connectivity index (χ0n) is 12.0. The molecule has 2 rings (SSSR count). The second-order valence-electron chi connectivity index (χ2n) is 4.45. The van der Waals surface area contributed by atoms with E-state index in [4.69, 9.17) is 10.5 Å². The molecule has 0 saturated heterocycles. The van der Waals surface area contributed by atoms with Crippen LogP contribution in [0.25, 0.3) is 0 Å². The van der Waals surface area contributed by atoms with Gasteiger partial charge in [0.05, 0.1) is 12.3 Å². The van der Waals surface area contributed by atoms with Crippen molar-refractivity contribution in [3.05, 3.63) is 48.5 Å². The van der Waals surface area contributed by atoms with Gasteiger partial charge in [0.1, 0.15) is 10.6 Å². The number of nitrogen functional groups attached to an aromatic ring is 1. The second-order valence-corrected chi connectivity index (χ2v) is 6.38. The fraction of sp³-hybridized carbons (Fsp3) is 0.200. The minimum atomic E-state index is -3.74. The van der Waals surface area contributed by atoms with Crippen LogP contribution in [0, 0.1) is 0 Å². The summed E-state index contributed by atoms with van der Waals surface area (Å²) in [4.78, 5) is 0.0655. The molecule has 0 radical (unpaired) electrons. The number of para-hydroxylation sites is 1. The smallest absolute Gasteiger partial charge is 0.267 e. The molecular formula is C15H18N2O3S. The zero-order chi connectivity index (χ0) is 15.5. The fourth-order valence-electron chi connectivity index (χ4n) is 1.93. The Hall–Kier alpha value is -2.21. The largest absolute Gasteiger partial charge is 0.492 e. The predicted molar refractivity (Wildman–Crippen MR) is 84.1 cm³/mol. The third-order valence-electron chi connectivity index (χ3n) is 3.03. The number of sulfonamides is 1. The lowest BCUT2D eigenvalue weighted by atomic mass is 10.3. The van der Waals surface area contributed by atoms with Gasteiger partial charge in [-0.3, -0.25) is 4.31 Å². The van der Waals surface area contributed by atoms with Crippen molar-refractivity contribution < 1.29 is 13.2 Å². The lowest BCUT2D eigenvalue weighted by Gasteiger charge is -2.21. The van der Waals surface area contributed by atoms with E-state index in [-0.39, 0.29) is 4.90 Å². The summed E-state index contributed by atoms with van der Waals surface area (Å²) in [6.45, 7) is 2.18. The van der Waals surface area contributed by atoms with Gasteiger partial charge in [0.15, 0.2) is 0 Å². The molecule has 0 fully saturated rings. The molecular weight excluding hydrogens is 288 g/mol. The average Bonchev–Trinajstić information content (AvgIpc) is 2.49. The summed E-state index contributed by atoms with van der Waals surface area (Å²) >= 11 is 0. The highest BCUT2D eigenvalue weighted by molar-refractivity contribution is 7.93. The van der Waals surface area contributed by atoms with E-state index < -0.39 is 10.0 Å². The van der Waals surface area contributed by atoms with E-state index in [1.165, 1.54) is 17.4 Å². The van der Waals surface area contributed by atoms with Gasteiger partial charge in [0, 0.05) is 12.7 Å². The quantitative estimate of drug-likeness (QED) is 0.861. The molecule has 0 aliphatic rings. The first-order valence-corrected chi connectivity index (χ1v) is 7.97. The standard InChI is InChI=1S/C15H18N2O3S/c1-3-20-14-10-9-12(16)11-15(14)21(18,19)17(2)13-7-5-4-6-8-13/h4-11H,3,16H2,1-2H3. The van der Waals surface area contributed by atoms with E-state index in [0.717, 1.165) is 0 Å². The van der Waals surface area contributed by atoms with Crippen LogP contribution in [0.1, 0.15) is 6.92 Å². The second kappa shape index (κ2) is 6.05. The molecule has 2 aromatic rings. The van der Waals surface area contributed by atoms with Gasteiger partial charge in [-0.1, -0.05) is 18.2 Å². The van der Waals surface area contributed by atoms with Crippen LogP contribution in [-0.2, 0) is 10.0 Å². The highest BCUT2D eigenvalue weighted by atomic mass is 32.2. The first-order valence-electron chi connectivity index (χ1n) is 6.53. The van der Waals surface area contributed by atoms with Crippen LogP contribution < -0.4 is 14.8 Å². The van der Waals surface area contributed by atoms with Crippen LogP contribution in [0.2, 0.25) is 0 Å². The van der Waals surface area contributed by atoms with Crippen LogP contribution in [0.15, 0.2) is 53.4 Å². The summed E-state index contributed by atoms with van der Waals surface area (Å²) in [5, 5.41) is 0. The Balaban J connectivity index is 2.51. The number of anilines is 2. The number of rotatable bonds is 5. The normalized spacial score (nSPS) is 11.1. The lowest BCUT2D eigenvalue weighted by molar-refractivity contribution is 0.331. The highest BCUT2D eigenvalue weighted by Crippen LogP contribution is 2.30. The average molecular weight is 306 g/mol. The van der Waals surface area contributed by atoms with Crippen LogP contribution >= 0.6 is 0 Å². The maximum absolute atomic E-state index is 12.8. The Morgan fingerprint density at radius 1 is 1.14 bits per heavy atom. The van der Waals surface area contributed by atoms with Crippen LogP contribution in [0.3, 0.4) is 0 Å². The Bertz CT molecular complexity index is 715. The molecule has 0 amide bonds. The maximum Gasteiger partial charge on any atom is 0.267 e. The summed E-state index contributed by atoms with van der Waals surface area (Å²) in [5.41, 5.74) is 6.67. The third kappa shape index (κ3) is 3.11. The molecule has 0 unspecified atom stereocenters. The molecule has 0 heterocycles. The van der Waals surface area contributed by atoms with Gasteiger partial charge in [0.25, 0.3) is 10.0 Å². The van der Waals surface area contributed by atoms with Crippen LogP contribution in [0.5, 0.6) is 5.75 Å². The van der Waals surface area contributed by atoms with Gasteiger partial charge >= 0.3 is 0 Å². The minimum Gasteiger partial charge on any atom is -0.492 e. The summed E-state index contributed by atoms with van der Waals surface area (Å²) in [5.74, 6) is 0.300. The first kappa shape index (κ1) is 15.2. The molecule has 0 saturated carbocycles. The molecule has 2 aromatic carbocycles. The molecule has 0 spiro atoms. The van der Waals surface area contributed by atoms with Crippen LogP contribution in [0.4, 0.5) is 11.4 Å². The van der Waals surface area contributed by atoms with Crippen molar-refractivity contribution in [2.45, 2.75) is 11.8 Å². The van der Waals surface area contributed by atoms with Crippen molar-refractivity contribution in [2.75, 3.05) is 23.7 Å². The van der Waals surface area contributed by atoms with Crippen LogP contribution in [-0.4, -0.2) is 22.1 Å². The zero-order valence-corrected chi connectivity index (χ0v) is 12.8. The summed E-state index contributed by atoms with van der Waals surface area (Å²) < 4.78 is 32.2. The summed E-state index contributed by atoms with van der Waals surface area (Å²) in [6.07, 6.45) is 0. The summed E-state index contributed by atoms with van der Waals surface area (Å²) in [7, 11) is -2.24. The number of nitrogens with two attached hydrogens (primary N) is 1. The van der Waals surface area contributed by atoms with E-state index in [0.29, 0.717) is 23.7 Å². The van der Waals surface area contributed by atoms with E-state index in [2.05, 4.69) is 0 Å². The van der Waals surface area contributed by atoms with E-state index in [1.807, 2.05) is 6.07 Å². The molecule has 112 valence electrons. The Labute approximate surface area is 125 Å².